The fraction of sp³-hybridized carbons (Fsp3) is 0.444. The average Bonchev–Trinajstić information content (AvgIpc) is 3.18. The Balaban J connectivity index is 1.46. The maximum atomic E-state index is 13.1. The Bertz CT molecular complexity index is 761. The molecule has 1 aromatic carbocycles. The lowest BCUT2D eigenvalue weighted by molar-refractivity contribution is 0.204. The van der Waals surface area contributed by atoms with Gasteiger partial charge in [-0.05, 0) is 43.2 Å². The van der Waals surface area contributed by atoms with Crippen LogP contribution in [0.4, 0.5) is 10.1 Å². The first kappa shape index (κ1) is 15.2. The van der Waals surface area contributed by atoms with Crippen LogP contribution in [0.15, 0.2) is 30.3 Å². The third kappa shape index (κ3) is 2.87. The van der Waals surface area contributed by atoms with Crippen molar-refractivity contribution in [1.82, 2.24) is 14.7 Å². The van der Waals surface area contributed by atoms with E-state index in [1.807, 2.05) is 22.9 Å². The molecule has 1 saturated heterocycles. The van der Waals surface area contributed by atoms with Crippen molar-refractivity contribution in [3.8, 4) is 6.07 Å². The highest BCUT2D eigenvalue weighted by atomic mass is 19.1. The van der Waals surface area contributed by atoms with Crippen molar-refractivity contribution in [3.05, 3.63) is 47.5 Å². The highest BCUT2D eigenvalue weighted by Crippen LogP contribution is 2.25. The first-order chi connectivity index (χ1) is 11.7. The molecule has 0 N–H and O–H groups in total. The molecule has 0 bridgehead atoms. The number of hydrogen-bond donors (Lipinski definition) is 0. The van der Waals surface area contributed by atoms with Crippen LogP contribution in [-0.4, -0.2) is 40.4 Å². The summed E-state index contributed by atoms with van der Waals surface area (Å²) in [5.41, 5.74) is 2.72. The normalized spacial score (nSPS) is 21.3. The number of aryl methyl sites for hydroxylation is 1. The van der Waals surface area contributed by atoms with Crippen LogP contribution in [0, 0.1) is 17.1 Å². The summed E-state index contributed by atoms with van der Waals surface area (Å²) >= 11 is 0. The molecule has 4 rings (SSSR count). The molecule has 0 amide bonds. The van der Waals surface area contributed by atoms with Crippen molar-refractivity contribution < 1.29 is 4.39 Å². The van der Waals surface area contributed by atoms with Crippen molar-refractivity contribution in [2.75, 3.05) is 24.5 Å². The Labute approximate surface area is 140 Å². The molecule has 124 valence electrons. The number of rotatable bonds is 2. The third-order valence-electron chi connectivity index (χ3n) is 5.03. The summed E-state index contributed by atoms with van der Waals surface area (Å²) in [6.45, 7) is 4.73. The molecule has 1 aromatic heterocycles. The molecular formula is C18H20FN5. The summed E-state index contributed by atoms with van der Waals surface area (Å²) in [7, 11) is 0. The molecule has 0 radical (unpaired) electrons. The predicted octanol–water partition coefficient (Wildman–Crippen LogP) is 2.38. The summed E-state index contributed by atoms with van der Waals surface area (Å²) < 4.78 is 15.1. The van der Waals surface area contributed by atoms with Gasteiger partial charge in [0.2, 0.25) is 0 Å². The SMILES string of the molecule is N#Cc1cc2n(n1)CCCN(C1CCN(c3ccc(F)cc3)C1)C2. The van der Waals surface area contributed by atoms with Crippen molar-refractivity contribution in [2.24, 2.45) is 0 Å². The molecule has 1 atom stereocenters. The minimum Gasteiger partial charge on any atom is -0.370 e. The van der Waals surface area contributed by atoms with E-state index < -0.39 is 0 Å². The Hall–Kier alpha value is -2.39. The minimum atomic E-state index is -0.191. The topological polar surface area (TPSA) is 48.1 Å². The Kier molecular flexibility index (Phi) is 3.95. The first-order valence-corrected chi connectivity index (χ1v) is 8.44. The molecular weight excluding hydrogens is 305 g/mol. The monoisotopic (exact) mass is 325 g/mol. The van der Waals surface area contributed by atoms with Gasteiger partial charge >= 0.3 is 0 Å². The number of hydrogen-bond acceptors (Lipinski definition) is 4. The van der Waals surface area contributed by atoms with Crippen LogP contribution in [0.2, 0.25) is 0 Å². The molecule has 0 saturated carbocycles. The average molecular weight is 325 g/mol. The molecule has 0 spiro atoms. The lowest BCUT2D eigenvalue weighted by Crippen LogP contribution is -2.37. The number of fused-ring (bicyclic) bond motifs is 1. The summed E-state index contributed by atoms with van der Waals surface area (Å²) in [5.74, 6) is -0.191. The number of anilines is 1. The predicted molar refractivity (Wildman–Crippen MR) is 89.0 cm³/mol. The van der Waals surface area contributed by atoms with E-state index >= 15 is 0 Å². The van der Waals surface area contributed by atoms with E-state index in [1.54, 1.807) is 0 Å². The zero-order valence-electron chi connectivity index (χ0n) is 13.5. The van der Waals surface area contributed by atoms with E-state index in [9.17, 15) is 4.39 Å². The van der Waals surface area contributed by atoms with Gasteiger partial charge in [-0.1, -0.05) is 0 Å². The van der Waals surface area contributed by atoms with Gasteiger partial charge in [-0.25, -0.2) is 4.39 Å². The molecule has 2 aromatic rings. The number of nitrogens with zero attached hydrogens (tertiary/aromatic N) is 5. The largest absolute Gasteiger partial charge is 0.370 e. The molecule has 6 heteroatoms. The second-order valence-electron chi connectivity index (χ2n) is 6.54. The van der Waals surface area contributed by atoms with E-state index in [-0.39, 0.29) is 5.82 Å². The van der Waals surface area contributed by atoms with Crippen molar-refractivity contribution in [1.29, 1.82) is 5.26 Å². The van der Waals surface area contributed by atoms with Gasteiger partial charge in [-0.15, -0.1) is 0 Å². The number of aromatic nitrogens is 2. The Morgan fingerprint density at radius 3 is 2.79 bits per heavy atom. The molecule has 0 aliphatic carbocycles. The van der Waals surface area contributed by atoms with Gasteiger partial charge in [0, 0.05) is 44.5 Å². The summed E-state index contributed by atoms with van der Waals surface area (Å²) in [6.07, 6.45) is 2.16. The van der Waals surface area contributed by atoms with Crippen LogP contribution in [0.3, 0.4) is 0 Å². The quantitative estimate of drug-likeness (QED) is 0.850. The van der Waals surface area contributed by atoms with Gasteiger partial charge in [0.1, 0.15) is 11.9 Å². The Morgan fingerprint density at radius 1 is 1.17 bits per heavy atom. The summed E-state index contributed by atoms with van der Waals surface area (Å²) in [6, 6.07) is 11.3. The molecule has 5 nitrogen and oxygen atoms in total. The van der Waals surface area contributed by atoms with Gasteiger partial charge in [-0.3, -0.25) is 9.58 Å². The lowest BCUT2D eigenvalue weighted by atomic mass is 10.2. The molecule has 24 heavy (non-hydrogen) atoms. The lowest BCUT2D eigenvalue weighted by Gasteiger charge is -2.27. The number of nitriles is 1. The van der Waals surface area contributed by atoms with E-state index in [0.717, 1.165) is 56.9 Å². The minimum absolute atomic E-state index is 0.191. The van der Waals surface area contributed by atoms with E-state index in [2.05, 4.69) is 21.0 Å². The molecule has 2 aliphatic rings. The smallest absolute Gasteiger partial charge is 0.162 e. The number of benzene rings is 1. The molecule has 2 aliphatic heterocycles. The fourth-order valence-corrected chi connectivity index (χ4v) is 3.78. The molecule has 1 unspecified atom stereocenters. The second kappa shape index (κ2) is 6.25. The van der Waals surface area contributed by atoms with Gasteiger partial charge in [0.05, 0.1) is 5.69 Å². The Morgan fingerprint density at radius 2 is 2.00 bits per heavy atom. The number of halogens is 1. The van der Waals surface area contributed by atoms with Crippen LogP contribution in [0.5, 0.6) is 0 Å². The van der Waals surface area contributed by atoms with Crippen molar-refractivity contribution in [3.63, 3.8) is 0 Å². The highest BCUT2D eigenvalue weighted by Gasteiger charge is 2.29. The summed E-state index contributed by atoms with van der Waals surface area (Å²) in [5, 5.41) is 13.4. The third-order valence-corrected chi connectivity index (χ3v) is 5.03. The van der Waals surface area contributed by atoms with Crippen LogP contribution >= 0.6 is 0 Å². The maximum absolute atomic E-state index is 13.1. The van der Waals surface area contributed by atoms with Crippen LogP contribution < -0.4 is 4.90 Å². The summed E-state index contributed by atoms with van der Waals surface area (Å²) in [4.78, 5) is 4.83. The van der Waals surface area contributed by atoms with Crippen LogP contribution in [-0.2, 0) is 13.1 Å². The van der Waals surface area contributed by atoms with Gasteiger partial charge in [0.15, 0.2) is 5.69 Å². The maximum Gasteiger partial charge on any atom is 0.162 e. The zero-order valence-corrected chi connectivity index (χ0v) is 13.5. The first-order valence-electron chi connectivity index (χ1n) is 8.44. The van der Waals surface area contributed by atoms with Crippen molar-refractivity contribution >= 4 is 5.69 Å². The fourth-order valence-electron chi connectivity index (χ4n) is 3.78. The van der Waals surface area contributed by atoms with Crippen LogP contribution in [0.25, 0.3) is 0 Å². The van der Waals surface area contributed by atoms with E-state index in [0.29, 0.717) is 11.7 Å². The van der Waals surface area contributed by atoms with Gasteiger partial charge < -0.3 is 4.90 Å². The second-order valence-corrected chi connectivity index (χ2v) is 6.54. The highest BCUT2D eigenvalue weighted by molar-refractivity contribution is 5.47. The molecule has 3 heterocycles. The van der Waals surface area contributed by atoms with E-state index in [1.165, 1.54) is 12.1 Å². The van der Waals surface area contributed by atoms with Crippen LogP contribution in [0.1, 0.15) is 24.2 Å². The standard InChI is InChI=1S/C18H20FN5/c19-14-2-4-16(5-3-14)23-9-6-17(12-23)22-7-1-8-24-18(13-22)10-15(11-20)21-24/h2-5,10,17H,1,6-9,12-13H2. The van der Waals surface area contributed by atoms with Gasteiger partial charge in [0.25, 0.3) is 0 Å². The molecule has 1 fully saturated rings. The van der Waals surface area contributed by atoms with Gasteiger partial charge in [-0.2, -0.15) is 10.4 Å². The van der Waals surface area contributed by atoms with Crippen molar-refractivity contribution in [2.45, 2.75) is 32.0 Å². The zero-order chi connectivity index (χ0) is 16.5. The van der Waals surface area contributed by atoms with E-state index in [4.69, 9.17) is 5.26 Å².